The van der Waals surface area contributed by atoms with Gasteiger partial charge in [-0.3, -0.25) is 25.0 Å². The Morgan fingerprint density at radius 3 is 2.31 bits per heavy atom. The van der Waals surface area contributed by atoms with Gasteiger partial charge >= 0.3 is 5.69 Å². The van der Waals surface area contributed by atoms with Gasteiger partial charge in [-0.25, -0.2) is 0 Å². The maximum atomic E-state index is 10.7. The topological polar surface area (TPSA) is 115 Å². The summed E-state index contributed by atoms with van der Waals surface area (Å²) in [5.41, 5.74) is -0.991. The highest BCUT2D eigenvalue weighted by Crippen LogP contribution is 2.34. The van der Waals surface area contributed by atoms with Gasteiger partial charge in [0, 0.05) is 6.07 Å². The van der Waals surface area contributed by atoms with Gasteiger partial charge in [0.1, 0.15) is 11.3 Å². The lowest BCUT2D eigenvalue weighted by Crippen LogP contribution is -2.03. The van der Waals surface area contributed by atoms with Crippen LogP contribution in [0, 0.1) is 27.2 Å². The Kier molecular flexibility index (Phi) is 3.14. The molecule has 1 aromatic carbocycles. The number of rotatable bonds is 4. The Labute approximate surface area is 89.2 Å². The fourth-order valence-electron chi connectivity index (χ4n) is 1.30. The zero-order valence-corrected chi connectivity index (χ0v) is 8.17. The fraction of sp³-hybridized carbons (Fsp3) is 0.125. The van der Waals surface area contributed by atoms with Gasteiger partial charge in [0.05, 0.1) is 9.85 Å². The van der Waals surface area contributed by atoms with Crippen LogP contribution in [-0.4, -0.2) is 16.3 Å². The Morgan fingerprint density at radius 1 is 1.25 bits per heavy atom. The van der Waals surface area contributed by atoms with Crippen molar-refractivity contribution in [3.05, 3.63) is 37.9 Å². The molecule has 0 saturated carbocycles. The van der Waals surface area contributed by atoms with Crippen LogP contribution < -0.4 is 5.32 Å². The summed E-state index contributed by atoms with van der Waals surface area (Å²) in [6.45, 7) is 1.26. The van der Waals surface area contributed by atoms with E-state index in [4.69, 9.17) is 0 Å². The molecule has 16 heavy (non-hydrogen) atoms. The minimum atomic E-state index is -0.770. The predicted molar refractivity (Wildman–Crippen MR) is 54.2 cm³/mol. The highest BCUT2D eigenvalue weighted by atomic mass is 16.6. The van der Waals surface area contributed by atoms with Crippen molar-refractivity contribution >= 4 is 23.5 Å². The summed E-state index contributed by atoms with van der Waals surface area (Å²) in [5.74, 6) is 0. The second kappa shape index (κ2) is 4.34. The number of anilines is 1. The Bertz CT molecular complexity index is 471. The summed E-state index contributed by atoms with van der Waals surface area (Å²) in [6.07, 6.45) is 0.271. The molecule has 0 heterocycles. The van der Waals surface area contributed by atoms with Crippen molar-refractivity contribution in [2.45, 2.75) is 6.92 Å². The van der Waals surface area contributed by atoms with Crippen LogP contribution in [0.5, 0.6) is 0 Å². The van der Waals surface area contributed by atoms with Crippen LogP contribution in [0.2, 0.25) is 0 Å². The molecule has 0 saturated heterocycles. The summed E-state index contributed by atoms with van der Waals surface area (Å²) >= 11 is 0. The molecule has 0 aliphatic carbocycles. The van der Waals surface area contributed by atoms with Crippen LogP contribution >= 0.6 is 0 Å². The first-order valence-corrected chi connectivity index (χ1v) is 4.11. The first kappa shape index (κ1) is 11.6. The van der Waals surface area contributed by atoms with Crippen molar-refractivity contribution < 1.29 is 14.6 Å². The number of nitrogens with one attached hydrogen (secondary N) is 1. The summed E-state index contributed by atoms with van der Waals surface area (Å²) in [7, 11) is 0. The second-order valence-corrected chi connectivity index (χ2v) is 2.88. The highest BCUT2D eigenvalue weighted by Gasteiger charge is 2.25. The average molecular weight is 225 g/mol. The van der Waals surface area contributed by atoms with Crippen molar-refractivity contribution in [2.75, 3.05) is 5.32 Å². The Morgan fingerprint density at radius 2 is 1.88 bits per heavy atom. The lowest BCUT2D eigenvalue weighted by Gasteiger charge is -2.03. The van der Waals surface area contributed by atoms with E-state index in [1.807, 2.05) is 0 Å². The van der Waals surface area contributed by atoms with Gasteiger partial charge in [0.2, 0.25) is 6.41 Å². The SMILES string of the molecule is Cc1c([N+](=O)[O-])ccc(NC=O)c1[N+](=O)[O-]. The van der Waals surface area contributed by atoms with Gasteiger partial charge in [-0.05, 0) is 13.0 Å². The molecular formula is C8H7N3O5. The summed E-state index contributed by atoms with van der Waals surface area (Å²) in [4.78, 5) is 30.0. The van der Waals surface area contributed by atoms with E-state index >= 15 is 0 Å². The van der Waals surface area contributed by atoms with E-state index in [0.717, 1.165) is 12.1 Å². The maximum Gasteiger partial charge on any atom is 0.302 e. The van der Waals surface area contributed by atoms with Crippen molar-refractivity contribution in [1.29, 1.82) is 0 Å². The van der Waals surface area contributed by atoms with Crippen LogP contribution in [0.15, 0.2) is 12.1 Å². The highest BCUT2D eigenvalue weighted by molar-refractivity contribution is 5.80. The molecule has 0 fully saturated rings. The lowest BCUT2D eigenvalue weighted by atomic mass is 10.1. The van der Waals surface area contributed by atoms with Crippen molar-refractivity contribution in [1.82, 2.24) is 0 Å². The zero-order chi connectivity index (χ0) is 12.3. The van der Waals surface area contributed by atoms with Gasteiger partial charge in [0.15, 0.2) is 0 Å². The van der Waals surface area contributed by atoms with E-state index in [0.29, 0.717) is 0 Å². The van der Waals surface area contributed by atoms with Gasteiger partial charge in [0.25, 0.3) is 5.69 Å². The van der Waals surface area contributed by atoms with Crippen molar-refractivity contribution in [2.24, 2.45) is 0 Å². The molecule has 1 rings (SSSR count). The van der Waals surface area contributed by atoms with Crippen LogP contribution in [0.1, 0.15) is 5.56 Å². The number of hydrogen-bond acceptors (Lipinski definition) is 5. The van der Waals surface area contributed by atoms with Crippen LogP contribution in [-0.2, 0) is 4.79 Å². The number of nitro benzene ring substituents is 2. The molecule has 0 bridgehead atoms. The minimum Gasteiger partial charge on any atom is -0.323 e. The summed E-state index contributed by atoms with van der Waals surface area (Å²) in [5, 5.41) is 23.4. The molecule has 84 valence electrons. The molecule has 8 heteroatoms. The third-order valence-electron chi connectivity index (χ3n) is 2.00. The van der Waals surface area contributed by atoms with Gasteiger partial charge in [-0.15, -0.1) is 0 Å². The number of hydrogen-bond donors (Lipinski definition) is 1. The van der Waals surface area contributed by atoms with Crippen molar-refractivity contribution in [3.8, 4) is 0 Å². The van der Waals surface area contributed by atoms with Gasteiger partial charge in [-0.1, -0.05) is 0 Å². The third-order valence-corrected chi connectivity index (χ3v) is 2.00. The third kappa shape index (κ3) is 1.95. The summed E-state index contributed by atoms with van der Waals surface area (Å²) in [6, 6.07) is 2.23. The number of amides is 1. The molecule has 1 N–H and O–H groups in total. The lowest BCUT2D eigenvalue weighted by molar-refractivity contribution is -0.394. The molecule has 1 aromatic rings. The Hall–Kier alpha value is -2.51. The molecule has 0 aliphatic rings. The second-order valence-electron chi connectivity index (χ2n) is 2.88. The predicted octanol–water partition coefficient (Wildman–Crippen LogP) is 1.38. The Balaban J connectivity index is 3.47. The van der Waals surface area contributed by atoms with E-state index in [2.05, 4.69) is 5.32 Å². The molecule has 0 aromatic heterocycles. The monoisotopic (exact) mass is 225 g/mol. The molecule has 1 amide bonds. The molecule has 0 atom stereocenters. The van der Waals surface area contributed by atoms with E-state index < -0.39 is 15.5 Å². The molecule has 0 unspecified atom stereocenters. The normalized spacial score (nSPS) is 9.56. The number of carbonyl (C=O) groups excluding carboxylic acids is 1. The minimum absolute atomic E-state index is 0.0666. The molecule has 0 radical (unpaired) electrons. The van der Waals surface area contributed by atoms with Gasteiger partial charge < -0.3 is 5.32 Å². The van der Waals surface area contributed by atoms with E-state index in [1.165, 1.54) is 6.92 Å². The first-order valence-electron chi connectivity index (χ1n) is 4.11. The van der Waals surface area contributed by atoms with E-state index in [1.54, 1.807) is 0 Å². The molecular weight excluding hydrogens is 218 g/mol. The van der Waals surface area contributed by atoms with E-state index in [9.17, 15) is 25.0 Å². The van der Waals surface area contributed by atoms with Crippen LogP contribution in [0.4, 0.5) is 17.1 Å². The quantitative estimate of drug-likeness (QED) is 0.472. The standard InChI is InChI=1S/C8H7N3O5/c1-5-7(10(13)14)3-2-6(9-4-12)8(5)11(15)16/h2-4H,1H3,(H,9,12). The number of carbonyl (C=O) groups is 1. The number of nitro groups is 2. The smallest absolute Gasteiger partial charge is 0.302 e. The van der Waals surface area contributed by atoms with Crippen molar-refractivity contribution in [3.63, 3.8) is 0 Å². The number of benzene rings is 1. The zero-order valence-electron chi connectivity index (χ0n) is 8.17. The molecule has 8 nitrogen and oxygen atoms in total. The summed E-state index contributed by atoms with van der Waals surface area (Å²) < 4.78 is 0. The first-order chi connectivity index (χ1) is 7.49. The fourth-order valence-corrected chi connectivity index (χ4v) is 1.30. The molecule has 0 spiro atoms. The van der Waals surface area contributed by atoms with Gasteiger partial charge in [-0.2, -0.15) is 0 Å². The average Bonchev–Trinajstić information content (AvgIpc) is 2.17. The maximum absolute atomic E-state index is 10.7. The largest absolute Gasteiger partial charge is 0.323 e. The van der Waals surface area contributed by atoms with Crippen LogP contribution in [0.3, 0.4) is 0 Å². The van der Waals surface area contributed by atoms with E-state index in [-0.39, 0.29) is 23.3 Å². The van der Waals surface area contributed by atoms with Crippen LogP contribution in [0.25, 0.3) is 0 Å². The number of nitrogens with zero attached hydrogens (tertiary/aromatic N) is 2. The molecule has 0 aliphatic heterocycles.